The lowest BCUT2D eigenvalue weighted by Crippen LogP contribution is -2.56. The third-order valence-electron chi connectivity index (χ3n) is 8.87. The summed E-state index contributed by atoms with van der Waals surface area (Å²) in [5.74, 6) is 0.0408. The second-order valence-corrected chi connectivity index (χ2v) is 16.1. The number of hydrogen-bond donors (Lipinski definition) is 3. The molecule has 0 aromatic carbocycles. The van der Waals surface area contributed by atoms with Crippen molar-refractivity contribution in [2.45, 2.75) is 116 Å². The molecule has 0 bridgehead atoms. The highest BCUT2D eigenvalue weighted by molar-refractivity contribution is 7.88. The van der Waals surface area contributed by atoms with E-state index < -0.39 is 26.8 Å². The Balaban J connectivity index is 1.52. The minimum atomic E-state index is -3.23. The van der Waals surface area contributed by atoms with E-state index in [1.807, 2.05) is 0 Å². The Morgan fingerprint density at radius 3 is 2.28 bits per heavy atom. The molecular formula is C27H43Cl4N7O4S. The number of nitrogens with one attached hydrogen (secondary N) is 3. The summed E-state index contributed by atoms with van der Waals surface area (Å²) in [4.78, 5) is 37.2. The molecule has 43 heavy (non-hydrogen) atoms. The molecule has 4 rings (SSSR count). The number of alkyl halides is 4. The van der Waals surface area contributed by atoms with Crippen molar-refractivity contribution in [1.82, 2.24) is 25.4 Å². The van der Waals surface area contributed by atoms with Crippen molar-refractivity contribution in [1.29, 1.82) is 0 Å². The molecule has 0 spiro atoms. The fourth-order valence-electron chi connectivity index (χ4n) is 6.63. The third kappa shape index (κ3) is 9.33. The van der Waals surface area contributed by atoms with Crippen LogP contribution in [0, 0.1) is 0 Å². The fourth-order valence-corrected chi connectivity index (χ4v) is 9.02. The van der Waals surface area contributed by atoms with Crippen molar-refractivity contribution >= 4 is 80.3 Å². The molecule has 5 unspecified atom stereocenters. The number of carbonyl (C=O) groups excluding carboxylic acids is 2. The quantitative estimate of drug-likeness (QED) is 0.224. The zero-order valence-corrected chi connectivity index (χ0v) is 28.4. The van der Waals surface area contributed by atoms with Crippen LogP contribution in [0.25, 0.3) is 0 Å². The topological polar surface area (TPSA) is 136 Å². The Labute approximate surface area is 274 Å². The van der Waals surface area contributed by atoms with Crippen molar-refractivity contribution in [3.8, 4) is 0 Å². The molecule has 0 aromatic heterocycles. The molecule has 4 fully saturated rings. The number of amides is 2. The number of hydrogen-bond acceptors (Lipinski definition) is 7. The van der Waals surface area contributed by atoms with Gasteiger partial charge in [0.2, 0.25) is 16.4 Å². The smallest absolute Gasteiger partial charge is 0.294 e. The maximum Gasteiger partial charge on any atom is 0.294 e. The van der Waals surface area contributed by atoms with E-state index in [4.69, 9.17) is 56.4 Å². The molecule has 2 amide bonds. The molecule has 0 aromatic rings. The van der Waals surface area contributed by atoms with Crippen molar-refractivity contribution in [3.63, 3.8) is 0 Å². The fraction of sp³-hybridized carbons (Fsp3) is 0.852. The molecule has 3 aliphatic carbocycles. The molecule has 1 aliphatic heterocycles. The molecule has 0 radical (unpaired) electrons. The van der Waals surface area contributed by atoms with Gasteiger partial charge < -0.3 is 5.32 Å². The van der Waals surface area contributed by atoms with Gasteiger partial charge in [0.25, 0.3) is 5.91 Å². The summed E-state index contributed by atoms with van der Waals surface area (Å²) in [6.45, 7) is 3.88. The Morgan fingerprint density at radius 1 is 1.00 bits per heavy atom. The van der Waals surface area contributed by atoms with Gasteiger partial charge in [-0.25, -0.2) is 18.1 Å². The minimum absolute atomic E-state index is 0.0432. The summed E-state index contributed by atoms with van der Waals surface area (Å²) in [5.41, 5.74) is 3.44. The van der Waals surface area contributed by atoms with Gasteiger partial charge in [0.15, 0.2) is 11.5 Å². The lowest BCUT2D eigenvalue weighted by atomic mass is 9.90. The van der Waals surface area contributed by atoms with E-state index in [0.29, 0.717) is 57.1 Å². The molecular weight excluding hydrogens is 660 g/mol. The number of halogens is 4. The average Bonchev–Trinajstić information content (AvgIpc) is 3.22. The number of aliphatic imine (C=N–C) groups is 2. The van der Waals surface area contributed by atoms with Crippen molar-refractivity contribution in [3.05, 3.63) is 0 Å². The number of amidine groups is 1. The van der Waals surface area contributed by atoms with Crippen LogP contribution in [0.4, 0.5) is 0 Å². The van der Waals surface area contributed by atoms with E-state index >= 15 is 0 Å². The van der Waals surface area contributed by atoms with E-state index in [1.54, 1.807) is 0 Å². The average molecular weight is 704 g/mol. The predicted molar refractivity (Wildman–Crippen MR) is 173 cm³/mol. The predicted octanol–water partition coefficient (Wildman–Crippen LogP) is 2.61. The van der Waals surface area contributed by atoms with E-state index in [1.165, 1.54) is 5.01 Å². The van der Waals surface area contributed by atoms with Crippen LogP contribution in [-0.4, -0.2) is 120 Å². The van der Waals surface area contributed by atoms with E-state index in [9.17, 15) is 18.0 Å². The highest BCUT2D eigenvalue weighted by atomic mass is 35.5. The van der Waals surface area contributed by atoms with Crippen molar-refractivity contribution in [2.24, 2.45) is 9.98 Å². The largest absolute Gasteiger partial charge is 0.356 e. The van der Waals surface area contributed by atoms with Gasteiger partial charge >= 0.3 is 0 Å². The van der Waals surface area contributed by atoms with Gasteiger partial charge in [-0.15, -0.1) is 46.4 Å². The van der Waals surface area contributed by atoms with Gasteiger partial charge in [0, 0.05) is 30.6 Å². The summed E-state index contributed by atoms with van der Waals surface area (Å²) in [6.07, 6.45) is 8.22. The van der Waals surface area contributed by atoms with Crippen LogP contribution in [0.3, 0.4) is 0 Å². The molecule has 5 atom stereocenters. The minimum Gasteiger partial charge on any atom is -0.356 e. The van der Waals surface area contributed by atoms with Gasteiger partial charge in [-0.1, -0.05) is 6.92 Å². The monoisotopic (exact) mass is 701 g/mol. The maximum absolute atomic E-state index is 13.9. The number of carbonyl (C=O) groups is 2. The molecule has 4 aliphatic rings. The lowest BCUT2D eigenvalue weighted by Gasteiger charge is -2.39. The first-order valence-electron chi connectivity index (χ1n) is 15.1. The Bertz CT molecular complexity index is 1140. The second-order valence-electron chi connectivity index (χ2n) is 12.0. The van der Waals surface area contributed by atoms with Crippen LogP contribution in [0.2, 0.25) is 0 Å². The Hall–Kier alpha value is -0.890. The van der Waals surface area contributed by atoms with E-state index in [2.05, 4.69) is 27.3 Å². The van der Waals surface area contributed by atoms with Crippen LogP contribution in [0.1, 0.15) is 64.7 Å². The molecule has 16 heteroatoms. The first kappa shape index (κ1) is 35.0. The molecule has 1 saturated heterocycles. The van der Waals surface area contributed by atoms with Crippen molar-refractivity contribution < 1.29 is 18.0 Å². The highest BCUT2D eigenvalue weighted by Crippen LogP contribution is 2.35. The highest BCUT2D eigenvalue weighted by Gasteiger charge is 2.47. The summed E-state index contributed by atoms with van der Waals surface area (Å²) >= 11 is 26.5. The summed E-state index contributed by atoms with van der Waals surface area (Å²) in [7, 11) is -3.23. The molecule has 11 nitrogen and oxygen atoms in total. The van der Waals surface area contributed by atoms with Crippen LogP contribution in [0.5, 0.6) is 0 Å². The molecule has 3 N–H and O–H groups in total. The van der Waals surface area contributed by atoms with Gasteiger partial charge in [-0.2, -0.15) is 0 Å². The molecule has 3 saturated carbocycles. The standard InChI is InChI=1S/C27H43Cl4N7O4S/c1-3-37(11-10-33-43(2,41)42)19-7-4-17(5-8-19)34-24-26(35-23-14-18(32-15-39)6-9-20(23)29)36-38(27(24)40)25-21(30)12-16(28)13-22(25)31/h15-23,25,33H,3-14H2,1-2H3,(H,32,39)(H,35,36). The first-order chi connectivity index (χ1) is 20.4. The van der Waals surface area contributed by atoms with Crippen LogP contribution < -0.4 is 15.5 Å². The first-order valence-corrected chi connectivity index (χ1v) is 18.7. The normalized spacial score (nSPS) is 37.6. The lowest BCUT2D eigenvalue weighted by molar-refractivity contribution is -0.127. The van der Waals surface area contributed by atoms with E-state index in [0.717, 1.165) is 44.9 Å². The summed E-state index contributed by atoms with van der Waals surface area (Å²) < 4.78 is 25.5. The zero-order chi connectivity index (χ0) is 31.3. The number of nitrogens with zero attached hydrogens (tertiary/aromatic N) is 4. The van der Waals surface area contributed by atoms with Crippen molar-refractivity contribution in [2.75, 3.05) is 25.9 Å². The number of likely N-dealkylation sites (N-methyl/N-ethyl adjacent to an activating group) is 1. The zero-order valence-electron chi connectivity index (χ0n) is 24.6. The number of rotatable bonds is 11. The van der Waals surface area contributed by atoms with Gasteiger partial charge in [0.05, 0.1) is 40.5 Å². The third-order valence-corrected chi connectivity index (χ3v) is 11.3. The van der Waals surface area contributed by atoms with Crippen LogP contribution in [0.15, 0.2) is 9.98 Å². The van der Waals surface area contributed by atoms with Gasteiger partial charge in [-0.05, 0) is 64.3 Å². The maximum atomic E-state index is 13.9. The van der Waals surface area contributed by atoms with Gasteiger partial charge in [-0.3, -0.25) is 29.9 Å². The van der Waals surface area contributed by atoms with E-state index in [-0.39, 0.29) is 40.5 Å². The number of sulfonamides is 1. The number of hydrazine groups is 1. The Kier molecular flexibility index (Phi) is 12.7. The molecule has 244 valence electrons. The van der Waals surface area contributed by atoms with Gasteiger partial charge in [0.1, 0.15) is 0 Å². The SMILES string of the molecule is CCN(CCNS(C)(=O)=O)C1CCC(N=C2C(=O)N(C3C(Cl)CC(Cl)CC3Cl)NC2=NC2CC(NC=O)CCC2Cl)CC1. The Morgan fingerprint density at radius 2 is 1.67 bits per heavy atom. The van der Waals surface area contributed by atoms with Crippen LogP contribution in [-0.2, 0) is 19.6 Å². The summed E-state index contributed by atoms with van der Waals surface area (Å²) in [6, 6.07) is -0.625. The molecule has 1 heterocycles. The summed E-state index contributed by atoms with van der Waals surface area (Å²) in [5, 5.41) is 3.01. The van der Waals surface area contributed by atoms with Crippen LogP contribution >= 0.6 is 46.4 Å². The second kappa shape index (κ2) is 15.6.